The Morgan fingerprint density at radius 2 is 2.12 bits per heavy atom. The smallest absolute Gasteiger partial charge is 0.280 e. The Balaban J connectivity index is 1.43. The molecule has 1 atom stereocenters. The molecular formula is C22H26F2N8O2. The number of likely N-dealkylation sites (tertiary alicyclic amines) is 1. The second-order valence-electron chi connectivity index (χ2n) is 8.47. The summed E-state index contributed by atoms with van der Waals surface area (Å²) in [4.78, 5) is 6.19. The molecule has 0 aliphatic carbocycles. The first-order valence-electron chi connectivity index (χ1n) is 11.0. The van der Waals surface area contributed by atoms with E-state index in [-0.39, 0.29) is 30.8 Å². The van der Waals surface area contributed by atoms with Crippen LogP contribution < -0.4 is 15.4 Å². The minimum absolute atomic E-state index is 0.0742. The quantitative estimate of drug-likeness (QED) is 0.450. The topological polar surface area (TPSA) is 112 Å². The lowest BCUT2D eigenvalue weighted by Gasteiger charge is -2.44. The average Bonchev–Trinajstić information content (AvgIpc) is 3.22. The molecule has 3 N–H and O–H groups in total. The molecule has 2 fully saturated rings. The van der Waals surface area contributed by atoms with E-state index in [0.29, 0.717) is 36.6 Å². The van der Waals surface area contributed by atoms with Gasteiger partial charge in [0.1, 0.15) is 11.2 Å². The molecule has 0 unspecified atom stereocenters. The third kappa shape index (κ3) is 3.92. The number of ether oxygens (including phenoxy) is 2. The molecular weight excluding hydrogens is 446 g/mol. The van der Waals surface area contributed by atoms with Gasteiger partial charge in [0.25, 0.3) is 5.92 Å². The summed E-state index contributed by atoms with van der Waals surface area (Å²) in [7, 11) is 3.24. The lowest BCUT2D eigenvalue weighted by molar-refractivity contribution is -0.131. The average molecular weight is 473 g/mol. The van der Waals surface area contributed by atoms with Crippen LogP contribution in [0.25, 0.3) is 16.6 Å². The fourth-order valence-electron chi connectivity index (χ4n) is 4.48. The van der Waals surface area contributed by atoms with E-state index in [1.165, 1.54) is 7.11 Å². The minimum Gasteiger partial charge on any atom is -0.479 e. The first kappa shape index (κ1) is 22.4. The van der Waals surface area contributed by atoms with Gasteiger partial charge < -0.3 is 20.1 Å². The molecule has 1 aromatic carbocycles. The van der Waals surface area contributed by atoms with Crippen LogP contribution in [0.1, 0.15) is 6.42 Å². The molecule has 2 aliphatic rings. The number of hydrogen-bond donors (Lipinski definition) is 3. The number of nitrogens with one attached hydrogen (secondary N) is 3. The second-order valence-corrected chi connectivity index (χ2v) is 8.47. The summed E-state index contributed by atoms with van der Waals surface area (Å²) in [6.45, 7) is 1.26. The van der Waals surface area contributed by atoms with Gasteiger partial charge in [0.2, 0.25) is 11.8 Å². The number of aromatic nitrogens is 3. The molecule has 10 nitrogen and oxygen atoms in total. The number of methoxy groups -OCH3 is 1. The molecule has 0 bridgehead atoms. The van der Waals surface area contributed by atoms with Gasteiger partial charge in [-0.1, -0.05) is 6.07 Å². The number of benzene rings is 1. The fraction of sp³-hybridized carbons (Fsp3) is 0.455. The zero-order valence-electron chi connectivity index (χ0n) is 18.9. The van der Waals surface area contributed by atoms with Crippen molar-refractivity contribution in [2.45, 2.75) is 24.4 Å². The Hall–Kier alpha value is -3.38. The molecule has 180 valence electrons. The maximum atomic E-state index is 14.9. The van der Waals surface area contributed by atoms with Gasteiger partial charge >= 0.3 is 0 Å². The zero-order chi connectivity index (χ0) is 23.9. The number of fused-ring (bicyclic) bond motifs is 1. The highest BCUT2D eigenvalue weighted by molar-refractivity contribution is 5.87. The van der Waals surface area contributed by atoms with E-state index in [0.717, 1.165) is 11.1 Å². The lowest BCUT2D eigenvalue weighted by Crippen LogP contribution is -2.61. The third-order valence-electron chi connectivity index (χ3n) is 6.44. The minimum atomic E-state index is -2.94. The summed E-state index contributed by atoms with van der Waals surface area (Å²) < 4.78 is 42.1. The molecule has 2 aliphatic heterocycles. The number of nitrogens with zero attached hydrogens (tertiary/aromatic N) is 5. The molecule has 2 aromatic heterocycles. The number of alkyl halides is 2. The van der Waals surface area contributed by atoms with Gasteiger partial charge in [-0.3, -0.25) is 4.90 Å². The first-order valence-corrected chi connectivity index (χ1v) is 11.0. The van der Waals surface area contributed by atoms with Gasteiger partial charge in [0.15, 0.2) is 0 Å². The molecule has 4 heterocycles. The highest BCUT2D eigenvalue weighted by Crippen LogP contribution is 2.36. The Morgan fingerprint density at radius 1 is 1.29 bits per heavy atom. The predicted octanol–water partition coefficient (Wildman–Crippen LogP) is 3.63. The summed E-state index contributed by atoms with van der Waals surface area (Å²) in [5.41, 5.74) is 10.8. The van der Waals surface area contributed by atoms with E-state index < -0.39 is 12.0 Å². The van der Waals surface area contributed by atoms with Gasteiger partial charge in [-0.2, -0.15) is 10.1 Å². The summed E-state index contributed by atoms with van der Waals surface area (Å²) in [5, 5.41) is 13.8. The van der Waals surface area contributed by atoms with E-state index in [4.69, 9.17) is 15.0 Å². The van der Waals surface area contributed by atoms with Crippen molar-refractivity contribution >= 4 is 22.8 Å². The van der Waals surface area contributed by atoms with Crippen molar-refractivity contribution in [2.24, 2.45) is 5.11 Å². The number of piperidine rings is 1. The summed E-state index contributed by atoms with van der Waals surface area (Å²) in [6.07, 6.45) is 2.00. The largest absolute Gasteiger partial charge is 0.479 e. The van der Waals surface area contributed by atoms with E-state index in [9.17, 15) is 8.78 Å². The van der Waals surface area contributed by atoms with E-state index in [1.807, 2.05) is 18.2 Å². The van der Waals surface area contributed by atoms with E-state index in [2.05, 4.69) is 25.8 Å². The number of halogens is 2. The van der Waals surface area contributed by atoms with Crippen LogP contribution >= 0.6 is 0 Å². The number of hydrogen-bond acceptors (Lipinski definition) is 9. The van der Waals surface area contributed by atoms with Crippen molar-refractivity contribution in [3.63, 3.8) is 0 Å². The highest BCUT2D eigenvalue weighted by Gasteiger charge is 2.47. The summed E-state index contributed by atoms with van der Waals surface area (Å²) in [5.74, 6) is -2.59. The van der Waals surface area contributed by atoms with Crippen LogP contribution in [0.3, 0.4) is 0 Å². The zero-order valence-corrected chi connectivity index (χ0v) is 18.9. The van der Waals surface area contributed by atoms with Gasteiger partial charge in [0.05, 0.1) is 44.6 Å². The van der Waals surface area contributed by atoms with Crippen LogP contribution in [0.4, 0.5) is 26.1 Å². The molecule has 5 rings (SSSR count). The highest BCUT2D eigenvalue weighted by atomic mass is 19.3. The van der Waals surface area contributed by atoms with E-state index in [1.54, 1.807) is 28.7 Å². The van der Waals surface area contributed by atoms with Gasteiger partial charge in [-0.25, -0.2) is 18.8 Å². The number of rotatable bonds is 7. The third-order valence-corrected chi connectivity index (χ3v) is 6.44. The molecule has 2 saturated heterocycles. The molecule has 0 amide bonds. The van der Waals surface area contributed by atoms with Gasteiger partial charge in [-0.05, 0) is 30.2 Å². The predicted molar refractivity (Wildman–Crippen MR) is 122 cm³/mol. The maximum Gasteiger partial charge on any atom is 0.280 e. The van der Waals surface area contributed by atoms with Crippen molar-refractivity contribution in [1.29, 1.82) is 5.53 Å². The van der Waals surface area contributed by atoms with Crippen molar-refractivity contribution in [2.75, 3.05) is 51.1 Å². The molecule has 34 heavy (non-hydrogen) atoms. The summed E-state index contributed by atoms with van der Waals surface area (Å²) >= 11 is 0. The molecule has 0 spiro atoms. The monoisotopic (exact) mass is 472 g/mol. The van der Waals surface area contributed by atoms with Gasteiger partial charge in [0, 0.05) is 25.4 Å². The van der Waals surface area contributed by atoms with Crippen LogP contribution in [0.15, 0.2) is 35.6 Å². The molecule has 12 heteroatoms. The van der Waals surface area contributed by atoms with Crippen molar-refractivity contribution in [3.8, 4) is 17.0 Å². The van der Waals surface area contributed by atoms with Crippen molar-refractivity contribution in [3.05, 3.63) is 30.5 Å². The first-order chi connectivity index (χ1) is 16.4. The fourth-order valence-corrected chi connectivity index (χ4v) is 4.48. The standard InChI is InChI=1S/C22H26F2N8O2/c1-26-17-9-13(3-4-16(17)29-25)15-5-8-32-19(15)20(33-2)28-21(30-32)27-18-6-7-31(12-22(18,23)24)14-10-34-11-14/h3-5,8-9,14,18,25-26H,6-7,10-12H2,1-2H3,(H,27,30)/t18-/m1/s1. The van der Waals surface area contributed by atoms with Crippen LogP contribution in [-0.4, -0.2) is 78.0 Å². The SMILES string of the molecule is CNc1cc(-c2ccn3nc(N[C@@H]4CCN(C5COC5)CC4(F)F)nc(OC)c23)ccc1N=N. The molecule has 0 saturated carbocycles. The van der Waals surface area contributed by atoms with Crippen molar-refractivity contribution in [1.82, 2.24) is 19.5 Å². The Labute approximate surface area is 194 Å². The van der Waals surface area contributed by atoms with Crippen molar-refractivity contribution < 1.29 is 18.3 Å². The maximum absolute atomic E-state index is 14.9. The lowest BCUT2D eigenvalue weighted by atomic mass is 9.98. The Morgan fingerprint density at radius 3 is 2.76 bits per heavy atom. The molecule has 3 aromatic rings. The normalized spacial score (nSPS) is 20.6. The Kier molecular flexibility index (Phi) is 5.78. The van der Waals surface area contributed by atoms with Crippen LogP contribution in [0, 0.1) is 5.53 Å². The molecule has 0 radical (unpaired) electrons. The van der Waals surface area contributed by atoms with Crippen LogP contribution in [0.2, 0.25) is 0 Å². The number of anilines is 2. The summed E-state index contributed by atoms with van der Waals surface area (Å²) in [6, 6.07) is 6.31. The van der Waals surface area contributed by atoms with E-state index >= 15 is 0 Å². The second kappa shape index (κ2) is 8.76. The van der Waals surface area contributed by atoms with Crippen LogP contribution in [0.5, 0.6) is 5.88 Å². The van der Waals surface area contributed by atoms with Crippen LogP contribution in [-0.2, 0) is 4.74 Å². The van der Waals surface area contributed by atoms with Gasteiger partial charge in [-0.15, -0.1) is 5.10 Å². The Bertz CT molecular complexity index is 1210.